The van der Waals surface area contributed by atoms with Gasteiger partial charge in [-0.3, -0.25) is 4.79 Å². The molecule has 29 heavy (non-hydrogen) atoms. The number of amides is 1. The van der Waals surface area contributed by atoms with Gasteiger partial charge < -0.3 is 15.0 Å². The second kappa shape index (κ2) is 8.94. The number of sulfonamides is 1. The molecular formula is C21H27N3O4S. The molecule has 0 bridgehead atoms. The van der Waals surface area contributed by atoms with Gasteiger partial charge in [0.1, 0.15) is 0 Å². The van der Waals surface area contributed by atoms with E-state index in [4.69, 9.17) is 4.74 Å². The molecule has 1 fully saturated rings. The first kappa shape index (κ1) is 21.3. The monoisotopic (exact) mass is 417 g/mol. The molecule has 1 amide bonds. The molecule has 0 aromatic heterocycles. The number of carbonyl (C=O) groups excluding carboxylic acids is 1. The molecule has 0 radical (unpaired) electrons. The number of morpholine rings is 1. The third-order valence-corrected chi connectivity index (χ3v) is 6.80. The highest BCUT2D eigenvalue weighted by atomic mass is 32.2. The van der Waals surface area contributed by atoms with Crippen molar-refractivity contribution < 1.29 is 17.9 Å². The van der Waals surface area contributed by atoms with Crippen molar-refractivity contribution >= 4 is 27.3 Å². The lowest BCUT2D eigenvalue weighted by Crippen LogP contribution is -2.37. The minimum Gasteiger partial charge on any atom is -0.378 e. The Hall–Kier alpha value is -2.42. The van der Waals surface area contributed by atoms with E-state index in [1.807, 2.05) is 31.2 Å². The Balaban J connectivity index is 2.03. The molecule has 8 heteroatoms. The third-order valence-electron chi connectivity index (χ3n) is 4.99. The van der Waals surface area contributed by atoms with Crippen LogP contribution in [0.15, 0.2) is 47.4 Å². The summed E-state index contributed by atoms with van der Waals surface area (Å²) in [6.45, 7) is 4.45. The number of rotatable bonds is 6. The number of nitrogens with zero attached hydrogens (tertiary/aromatic N) is 2. The van der Waals surface area contributed by atoms with Gasteiger partial charge in [-0.15, -0.1) is 0 Å². The van der Waals surface area contributed by atoms with Gasteiger partial charge in [0.2, 0.25) is 10.0 Å². The zero-order chi connectivity index (χ0) is 21.0. The molecule has 1 N–H and O–H groups in total. The maximum Gasteiger partial charge on any atom is 0.257 e. The molecule has 1 aliphatic heterocycles. The SMILES string of the molecule is CCc1ccccc1NC(=O)c1cc(S(=O)(=O)N(C)C)ccc1N1CCOCC1. The van der Waals surface area contributed by atoms with Gasteiger partial charge in [0, 0.05) is 38.6 Å². The number of para-hydroxylation sites is 1. The summed E-state index contributed by atoms with van der Waals surface area (Å²) < 4.78 is 31.8. The topological polar surface area (TPSA) is 79.0 Å². The van der Waals surface area contributed by atoms with Crippen LogP contribution in [0.2, 0.25) is 0 Å². The highest BCUT2D eigenvalue weighted by Crippen LogP contribution is 2.28. The lowest BCUT2D eigenvalue weighted by molar-refractivity contribution is 0.102. The molecule has 2 aromatic carbocycles. The second-order valence-corrected chi connectivity index (χ2v) is 9.18. The Morgan fingerprint density at radius 1 is 1.14 bits per heavy atom. The molecule has 1 aliphatic rings. The van der Waals surface area contributed by atoms with Crippen molar-refractivity contribution in [1.82, 2.24) is 4.31 Å². The predicted octanol–water partition coefficient (Wildman–Crippen LogP) is 2.59. The Morgan fingerprint density at radius 3 is 2.48 bits per heavy atom. The predicted molar refractivity (Wildman–Crippen MR) is 114 cm³/mol. The van der Waals surface area contributed by atoms with E-state index in [9.17, 15) is 13.2 Å². The van der Waals surface area contributed by atoms with Gasteiger partial charge >= 0.3 is 0 Å². The molecule has 0 aliphatic carbocycles. The highest BCUT2D eigenvalue weighted by Gasteiger charge is 2.24. The van der Waals surface area contributed by atoms with E-state index >= 15 is 0 Å². The Kier molecular flexibility index (Phi) is 6.56. The van der Waals surface area contributed by atoms with Crippen LogP contribution in [0.4, 0.5) is 11.4 Å². The van der Waals surface area contributed by atoms with Gasteiger partial charge in [0.05, 0.1) is 23.7 Å². The van der Waals surface area contributed by atoms with Crippen LogP contribution in [0.3, 0.4) is 0 Å². The molecule has 0 saturated carbocycles. The summed E-state index contributed by atoms with van der Waals surface area (Å²) in [5.41, 5.74) is 2.79. The summed E-state index contributed by atoms with van der Waals surface area (Å²) in [6.07, 6.45) is 0.780. The fourth-order valence-corrected chi connectivity index (χ4v) is 4.22. The van der Waals surface area contributed by atoms with Gasteiger partial charge in [-0.05, 0) is 36.2 Å². The van der Waals surface area contributed by atoms with Crippen LogP contribution in [-0.4, -0.2) is 59.0 Å². The van der Waals surface area contributed by atoms with Gasteiger partial charge in [-0.2, -0.15) is 0 Å². The first-order chi connectivity index (χ1) is 13.8. The van der Waals surface area contributed by atoms with Crippen molar-refractivity contribution in [3.8, 4) is 0 Å². The lowest BCUT2D eigenvalue weighted by atomic mass is 10.1. The number of hydrogen-bond acceptors (Lipinski definition) is 5. The van der Waals surface area contributed by atoms with E-state index in [2.05, 4.69) is 10.2 Å². The number of aryl methyl sites for hydroxylation is 1. The lowest BCUT2D eigenvalue weighted by Gasteiger charge is -2.30. The van der Waals surface area contributed by atoms with Crippen LogP contribution in [0.1, 0.15) is 22.8 Å². The van der Waals surface area contributed by atoms with E-state index in [0.29, 0.717) is 37.6 Å². The maximum absolute atomic E-state index is 13.2. The summed E-state index contributed by atoms with van der Waals surface area (Å²) in [5.74, 6) is -0.330. The van der Waals surface area contributed by atoms with Crippen molar-refractivity contribution in [2.45, 2.75) is 18.2 Å². The average Bonchev–Trinajstić information content (AvgIpc) is 2.74. The van der Waals surface area contributed by atoms with Crippen molar-refractivity contribution in [2.75, 3.05) is 50.6 Å². The van der Waals surface area contributed by atoms with Crippen LogP contribution in [0, 0.1) is 0 Å². The summed E-state index contributed by atoms with van der Waals surface area (Å²) in [7, 11) is -0.707. The van der Waals surface area contributed by atoms with Crippen LogP contribution >= 0.6 is 0 Å². The first-order valence-corrected chi connectivity index (χ1v) is 11.1. The Morgan fingerprint density at radius 2 is 1.83 bits per heavy atom. The van der Waals surface area contributed by atoms with Crippen LogP contribution in [0.25, 0.3) is 0 Å². The van der Waals surface area contributed by atoms with Crippen molar-refractivity contribution in [2.24, 2.45) is 0 Å². The van der Waals surface area contributed by atoms with Crippen LogP contribution in [-0.2, 0) is 21.2 Å². The van der Waals surface area contributed by atoms with E-state index in [0.717, 1.165) is 22.0 Å². The summed E-state index contributed by atoms with van der Waals surface area (Å²) in [4.78, 5) is 15.4. The summed E-state index contributed by atoms with van der Waals surface area (Å²) in [6, 6.07) is 12.3. The standard InChI is InChI=1S/C21H27N3O4S/c1-4-16-7-5-6-8-19(16)22-21(25)18-15-17(29(26,27)23(2)3)9-10-20(18)24-11-13-28-14-12-24/h5-10,15H,4,11-14H2,1-3H3,(H,22,25). The molecule has 0 unspecified atom stereocenters. The zero-order valence-electron chi connectivity index (χ0n) is 17.0. The normalized spacial score (nSPS) is 14.8. The minimum atomic E-state index is -3.66. The van der Waals surface area contributed by atoms with Crippen LogP contribution in [0.5, 0.6) is 0 Å². The number of hydrogen-bond donors (Lipinski definition) is 1. The smallest absolute Gasteiger partial charge is 0.257 e. The molecule has 7 nitrogen and oxygen atoms in total. The molecule has 2 aromatic rings. The fraction of sp³-hybridized carbons (Fsp3) is 0.381. The number of ether oxygens (including phenoxy) is 1. The number of benzene rings is 2. The van der Waals surface area contributed by atoms with E-state index in [-0.39, 0.29) is 10.8 Å². The molecular weight excluding hydrogens is 390 g/mol. The fourth-order valence-electron chi connectivity index (χ4n) is 3.29. The minimum absolute atomic E-state index is 0.0911. The molecule has 1 heterocycles. The van der Waals surface area contributed by atoms with E-state index < -0.39 is 10.0 Å². The first-order valence-electron chi connectivity index (χ1n) is 9.63. The zero-order valence-corrected chi connectivity index (χ0v) is 17.8. The van der Waals surface area contributed by atoms with E-state index in [1.54, 1.807) is 12.1 Å². The number of anilines is 2. The van der Waals surface area contributed by atoms with Gasteiger partial charge in [0.25, 0.3) is 5.91 Å². The molecule has 0 spiro atoms. The van der Waals surface area contributed by atoms with Crippen molar-refractivity contribution in [3.05, 3.63) is 53.6 Å². The summed E-state index contributed by atoms with van der Waals surface area (Å²) >= 11 is 0. The van der Waals surface area contributed by atoms with Gasteiger partial charge in [-0.25, -0.2) is 12.7 Å². The third kappa shape index (κ3) is 4.60. The second-order valence-electron chi connectivity index (χ2n) is 7.03. The van der Waals surface area contributed by atoms with Gasteiger partial charge in [0.15, 0.2) is 0 Å². The number of nitrogens with one attached hydrogen (secondary N) is 1. The number of carbonyl (C=O) groups is 1. The molecule has 0 atom stereocenters. The largest absolute Gasteiger partial charge is 0.378 e. The quantitative estimate of drug-likeness (QED) is 0.782. The van der Waals surface area contributed by atoms with Gasteiger partial charge in [-0.1, -0.05) is 25.1 Å². The van der Waals surface area contributed by atoms with Crippen LogP contribution < -0.4 is 10.2 Å². The average molecular weight is 418 g/mol. The maximum atomic E-state index is 13.2. The Labute approximate surface area is 172 Å². The molecule has 1 saturated heterocycles. The highest BCUT2D eigenvalue weighted by molar-refractivity contribution is 7.89. The molecule has 3 rings (SSSR count). The summed E-state index contributed by atoms with van der Waals surface area (Å²) in [5, 5.41) is 2.96. The Bertz CT molecular complexity index is 983. The van der Waals surface area contributed by atoms with E-state index in [1.165, 1.54) is 20.2 Å². The van der Waals surface area contributed by atoms with Crippen molar-refractivity contribution in [1.29, 1.82) is 0 Å². The van der Waals surface area contributed by atoms with Crippen molar-refractivity contribution in [3.63, 3.8) is 0 Å². The molecule has 156 valence electrons.